The van der Waals surface area contributed by atoms with Gasteiger partial charge in [-0.15, -0.1) is 0 Å². The molecule has 6 heteroatoms. The first-order chi connectivity index (χ1) is 12.0. The number of piperazine rings is 1. The van der Waals surface area contributed by atoms with Gasteiger partial charge in [0.1, 0.15) is 11.6 Å². The number of carbonyl (C=O) groups excluding carboxylic acids is 1. The Morgan fingerprint density at radius 3 is 2.52 bits per heavy atom. The molecule has 0 bridgehead atoms. The summed E-state index contributed by atoms with van der Waals surface area (Å²) in [5.41, 5.74) is 1.63. The first-order valence-corrected chi connectivity index (χ1v) is 8.42. The third-order valence-electron chi connectivity index (χ3n) is 4.53. The minimum absolute atomic E-state index is 0.141. The summed E-state index contributed by atoms with van der Waals surface area (Å²) in [6.45, 7) is 4.90. The predicted octanol–water partition coefficient (Wildman–Crippen LogP) is 1.62. The average molecular weight is 346 g/mol. The number of halogens is 2. The van der Waals surface area contributed by atoms with Crippen LogP contribution in [-0.4, -0.2) is 38.6 Å². The van der Waals surface area contributed by atoms with Crippen LogP contribution in [0.1, 0.15) is 5.56 Å². The highest BCUT2D eigenvalue weighted by atomic mass is 19.1. The van der Waals surface area contributed by atoms with Crippen LogP contribution in [0.3, 0.4) is 0 Å². The lowest BCUT2D eigenvalue weighted by Gasteiger charge is -2.33. The summed E-state index contributed by atoms with van der Waals surface area (Å²) >= 11 is 0. The standard InChI is InChI=1S/C19H21F2N3O/c1-14-6-7-15(12-17(14)21)22-19(25)13-23-8-10-24(11-9-23)18-5-3-2-4-16(18)20/h2-7,12H,8-11,13H2,1H3,(H,22,25)/p+1. The smallest absolute Gasteiger partial charge is 0.279 e. The molecule has 2 aromatic rings. The van der Waals surface area contributed by atoms with E-state index in [0.29, 0.717) is 36.6 Å². The van der Waals surface area contributed by atoms with Crippen LogP contribution in [-0.2, 0) is 4.79 Å². The zero-order valence-electron chi connectivity index (χ0n) is 14.2. The van der Waals surface area contributed by atoms with E-state index in [9.17, 15) is 13.6 Å². The number of hydrogen-bond acceptors (Lipinski definition) is 2. The number of hydrogen-bond donors (Lipinski definition) is 2. The van der Waals surface area contributed by atoms with Gasteiger partial charge in [0.15, 0.2) is 6.54 Å². The Bertz CT molecular complexity index is 758. The molecule has 1 amide bonds. The van der Waals surface area contributed by atoms with Gasteiger partial charge in [-0.3, -0.25) is 4.79 Å². The predicted molar refractivity (Wildman–Crippen MR) is 93.9 cm³/mol. The topological polar surface area (TPSA) is 36.8 Å². The van der Waals surface area contributed by atoms with E-state index in [2.05, 4.69) is 5.32 Å². The summed E-state index contributed by atoms with van der Waals surface area (Å²) in [6, 6.07) is 11.4. The number of para-hydroxylation sites is 1. The SMILES string of the molecule is Cc1ccc(NC(=O)C[NH+]2CCN(c3ccccc3F)CC2)cc1F. The molecule has 1 fully saturated rings. The second-order valence-corrected chi connectivity index (χ2v) is 6.38. The van der Waals surface area contributed by atoms with Gasteiger partial charge in [-0.2, -0.15) is 0 Å². The Balaban J connectivity index is 1.51. The highest BCUT2D eigenvalue weighted by Crippen LogP contribution is 2.18. The maximum absolute atomic E-state index is 13.8. The van der Waals surface area contributed by atoms with Gasteiger partial charge in [0, 0.05) is 5.69 Å². The molecular formula is C19H22F2N3O+. The van der Waals surface area contributed by atoms with Gasteiger partial charge in [-0.1, -0.05) is 18.2 Å². The van der Waals surface area contributed by atoms with Crippen LogP contribution in [0.15, 0.2) is 42.5 Å². The minimum atomic E-state index is -0.330. The lowest BCUT2D eigenvalue weighted by Crippen LogP contribution is -3.15. The van der Waals surface area contributed by atoms with Crippen molar-refractivity contribution in [3.63, 3.8) is 0 Å². The molecule has 0 atom stereocenters. The van der Waals surface area contributed by atoms with Gasteiger partial charge in [0.05, 0.1) is 31.9 Å². The van der Waals surface area contributed by atoms with Crippen molar-refractivity contribution in [2.24, 2.45) is 0 Å². The Kier molecular flexibility index (Phi) is 5.28. The molecular weight excluding hydrogens is 324 g/mol. The van der Waals surface area contributed by atoms with Crippen LogP contribution in [0, 0.1) is 18.6 Å². The molecule has 4 nitrogen and oxygen atoms in total. The Labute approximate surface area is 146 Å². The van der Waals surface area contributed by atoms with Gasteiger partial charge >= 0.3 is 0 Å². The van der Waals surface area contributed by atoms with Crippen LogP contribution in [0.4, 0.5) is 20.2 Å². The maximum Gasteiger partial charge on any atom is 0.279 e. The monoisotopic (exact) mass is 346 g/mol. The van der Waals surface area contributed by atoms with Gasteiger partial charge in [0.25, 0.3) is 5.91 Å². The summed E-state index contributed by atoms with van der Waals surface area (Å²) in [5.74, 6) is -0.689. The van der Waals surface area contributed by atoms with Crippen molar-refractivity contribution >= 4 is 17.3 Å². The molecule has 0 spiro atoms. The van der Waals surface area contributed by atoms with Gasteiger partial charge < -0.3 is 15.1 Å². The summed E-state index contributed by atoms with van der Waals surface area (Å²) in [5, 5.41) is 2.74. The number of nitrogens with zero attached hydrogens (tertiary/aromatic N) is 1. The molecule has 25 heavy (non-hydrogen) atoms. The van der Waals surface area contributed by atoms with E-state index in [-0.39, 0.29) is 17.5 Å². The highest BCUT2D eigenvalue weighted by molar-refractivity contribution is 5.91. The van der Waals surface area contributed by atoms with Crippen LogP contribution in [0.2, 0.25) is 0 Å². The van der Waals surface area contributed by atoms with Crippen molar-refractivity contribution in [1.29, 1.82) is 0 Å². The number of anilines is 2. The molecule has 1 aliphatic rings. The van der Waals surface area contributed by atoms with E-state index in [0.717, 1.165) is 18.0 Å². The van der Waals surface area contributed by atoms with Crippen molar-refractivity contribution in [3.8, 4) is 0 Å². The number of quaternary nitrogens is 1. The molecule has 3 rings (SSSR count). The van der Waals surface area contributed by atoms with E-state index in [1.807, 2.05) is 11.0 Å². The van der Waals surface area contributed by atoms with Crippen molar-refractivity contribution in [3.05, 3.63) is 59.7 Å². The van der Waals surface area contributed by atoms with Crippen molar-refractivity contribution in [2.45, 2.75) is 6.92 Å². The maximum atomic E-state index is 13.8. The second kappa shape index (κ2) is 7.61. The molecule has 0 aliphatic carbocycles. The molecule has 132 valence electrons. The van der Waals surface area contributed by atoms with E-state index < -0.39 is 0 Å². The molecule has 0 radical (unpaired) electrons. The molecule has 0 unspecified atom stereocenters. The van der Waals surface area contributed by atoms with E-state index in [4.69, 9.17) is 0 Å². The minimum Gasteiger partial charge on any atom is -0.358 e. The van der Waals surface area contributed by atoms with Crippen LogP contribution < -0.4 is 15.1 Å². The van der Waals surface area contributed by atoms with Crippen LogP contribution in [0.5, 0.6) is 0 Å². The normalized spacial score (nSPS) is 15.2. The molecule has 0 aromatic heterocycles. The van der Waals surface area contributed by atoms with E-state index in [1.54, 1.807) is 31.2 Å². The zero-order chi connectivity index (χ0) is 17.8. The number of benzene rings is 2. The number of amides is 1. The Morgan fingerprint density at radius 1 is 1.12 bits per heavy atom. The van der Waals surface area contributed by atoms with Crippen molar-refractivity contribution < 1.29 is 18.5 Å². The lowest BCUT2D eigenvalue weighted by atomic mass is 10.2. The lowest BCUT2D eigenvalue weighted by molar-refractivity contribution is -0.892. The fourth-order valence-corrected chi connectivity index (χ4v) is 3.05. The molecule has 2 aromatic carbocycles. The van der Waals surface area contributed by atoms with Crippen molar-refractivity contribution in [2.75, 3.05) is 42.9 Å². The molecule has 2 N–H and O–H groups in total. The average Bonchev–Trinajstić information content (AvgIpc) is 2.59. The quantitative estimate of drug-likeness (QED) is 0.883. The molecule has 1 saturated heterocycles. The molecule has 1 aliphatic heterocycles. The summed E-state index contributed by atoms with van der Waals surface area (Å²) < 4.78 is 27.4. The second-order valence-electron chi connectivity index (χ2n) is 6.38. The summed E-state index contributed by atoms with van der Waals surface area (Å²) in [4.78, 5) is 15.3. The fourth-order valence-electron chi connectivity index (χ4n) is 3.05. The zero-order valence-corrected chi connectivity index (χ0v) is 14.2. The number of carbonyl (C=O) groups is 1. The Morgan fingerprint density at radius 2 is 1.84 bits per heavy atom. The van der Waals surface area contributed by atoms with E-state index >= 15 is 0 Å². The van der Waals surface area contributed by atoms with Crippen LogP contribution >= 0.6 is 0 Å². The first kappa shape index (κ1) is 17.4. The summed E-state index contributed by atoms with van der Waals surface area (Å²) in [6.07, 6.45) is 0. The van der Waals surface area contributed by atoms with E-state index in [1.165, 1.54) is 12.1 Å². The number of aryl methyl sites for hydroxylation is 1. The third-order valence-corrected chi connectivity index (χ3v) is 4.53. The Hall–Kier alpha value is -2.47. The number of rotatable bonds is 4. The molecule has 0 saturated carbocycles. The van der Waals surface area contributed by atoms with Crippen molar-refractivity contribution in [1.82, 2.24) is 0 Å². The summed E-state index contributed by atoms with van der Waals surface area (Å²) in [7, 11) is 0. The first-order valence-electron chi connectivity index (χ1n) is 8.42. The largest absolute Gasteiger partial charge is 0.358 e. The van der Waals surface area contributed by atoms with Crippen LogP contribution in [0.25, 0.3) is 0 Å². The van der Waals surface area contributed by atoms with Gasteiger partial charge in [-0.25, -0.2) is 8.78 Å². The fraction of sp³-hybridized carbons (Fsp3) is 0.316. The molecule has 1 heterocycles. The highest BCUT2D eigenvalue weighted by Gasteiger charge is 2.23. The number of nitrogens with one attached hydrogen (secondary N) is 2. The van der Waals surface area contributed by atoms with Gasteiger partial charge in [0.2, 0.25) is 0 Å². The van der Waals surface area contributed by atoms with Gasteiger partial charge in [-0.05, 0) is 36.8 Å². The third kappa shape index (κ3) is 4.33.